The molecule has 11 heteroatoms. The van der Waals surface area contributed by atoms with E-state index < -0.39 is 6.36 Å². The zero-order chi connectivity index (χ0) is 24.4. The van der Waals surface area contributed by atoms with Gasteiger partial charge < -0.3 is 18.9 Å². The van der Waals surface area contributed by atoms with Crippen LogP contribution in [0.1, 0.15) is 16.1 Å². The topological polar surface area (TPSA) is 90.6 Å². The van der Waals surface area contributed by atoms with Gasteiger partial charge in [-0.2, -0.15) is 0 Å². The summed E-state index contributed by atoms with van der Waals surface area (Å²) in [5, 5.41) is 4.02. The van der Waals surface area contributed by atoms with Crippen LogP contribution >= 0.6 is 0 Å². The minimum atomic E-state index is -4.77. The highest BCUT2D eigenvalue weighted by molar-refractivity contribution is 5.98. The predicted molar refractivity (Wildman–Crippen MR) is 116 cm³/mol. The van der Waals surface area contributed by atoms with Crippen LogP contribution in [-0.2, 0) is 6.54 Å². The monoisotopic (exact) mass is 482 g/mol. The molecule has 0 fully saturated rings. The van der Waals surface area contributed by atoms with Crippen molar-refractivity contribution in [1.29, 1.82) is 0 Å². The van der Waals surface area contributed by atoms with E-state index in [1.807, 2.05) is 0 Å². The Bertz CT molecular complexity index is 1340. The SMILES string of the molecule is O=C1c2cc(-c3ccc(OC(F)(F)F)cc3)ccc2OCCN1Cc1cc(-c2ncccn2)on1. The number of nitrogens with zero attached hydrogens (tertiary/aromatic N) is 4. The molecule has 178 valence electrons. The first kappa shape index (κ1) is 22.4. The van der Waals surface area contributed by atoms with Crippen LogP contribution in [0, 0.1) is 0 Å². The Hall–Kier alpha value is -4.41. The molecule has 0 N–H and O–H groups in total. The van der Waals surface area contributed by atoms with E-state index in [0.29, 0.717) is 46.3 Å². The third-order valence-electron chi connectivity index (χ3n) is 5.24. The van der Waals surface area contributed by atoms with E-state index in [4.69, 9.17) is 9.26 Å². The summed E-state index contributed by atoms with van der Waals surface area (Å²) in [6.45, 7) is 0.802. The lowest BCUT2D eigenvalue weighted by molar-refractivity contribution is -0.274. The van der Waals surface area contributed by atoms with Crippen molar-refractivity contribution < 1.29 is 32.0 Å². The van der Waals surface area contributed by atoms with E-state index in [-0.39, 0.29) is 24.8 Å². The zero-order valence-corrected chi connectivity index (χ0v) is 18.0. The molecule has 0 spiro atoms. The van der Waals surface area contributed by atoms with Crippen molar-refractivity contribution in [3.05, 3.63) is 78.2 Å². The van der Waals surface area contributed by atoms with Gasteiger partial charge in [0.25, 0.3) is 5.91 Å². The molecule has 3 heterocycles. The van der Waals surface area contributed by atoms with Gasteiger partial charge in [-0.15, -0.1) is 13.2 Å². The molecule has 0 aliphatic carbocycles. The van der Waals surface area contributed by atoms with Crippen molar-refractivity contribution in [3.8, 4) is 34.2 Å². The van der Waals surface area contributed by atoms with Crippen LogP contribution in [0.4, 0.5) is 13.2 Å². The van der Waals surface area contributed by atoms with Gasteiger partial charge in [0.1, 0.15) is 23.8 Å². The predicted octanol–water partition coefficient (Wildman–Crippen LogP) is 4.73. The van der Waals surface area contributed by atoms with E-state index >= 15 is 0 Å². The Labute approximate surface area is 196 Å². The lowest BCUT2D eigenvalue weighted by Gasteiger charge is -2.18. The van der Waals surface area contributed by atoms with Crippen molar-refractivity contribution in [2.45, 2.75) is 12.9 Å². The fraction of sp³-hybridized carbons (Fsp3) is 0.167. The summed E-state index contributed by atoms with van der Waals surface area (Å²) in [5.74, 6) is 0.612. The number of benzene rings is 2. The molecule has 0 saturated carbocycles. The molecular formula is C24H17F3N4O4. The van der Waals surface area contributed by atoms with Crippen LogP contribution < -0.4 is 9.47 Å². The highest BCUT2D eigenvalue weighted by Crippen LogP contribution is 2.31. The second kappa shape index (κ2) is 9.09. The molecule has 5 rings (SSSR count). The van der Waals surface area contributed by atoms with Gasteiger partial charge in [-0.1, -0.05) is 23.4 Å². The minimum absolute atomic E-state index is 0.186. The van der Waals surface area contributed by atoms with Crippen LogP contribution in [0.3, 0.4) is 0 Å². The number of alkyl halides is 3. The number of hydrogen-bond donors (Lipinski definition) is 0. The summed E-state index contributed by atoms with van der Waals surface area (Å²) in [6.07, 6.45) is -1.59. The molecule has 2 aromatic heterocycles. The third kappa shape index (κ3) is 5.08. The molecule has 0 unspecified atom stereocenters. The van der Waals surface area contributed by atoms with Gasteiger partial charge in [0, 0.05) is 18.5 Å². The first-order valence-electron chi connectivity index (χ1n) is 10.5. The fourth-order valence-electron chi connectivity index (χ4n) is 3.65. The Morgan fingerprint density at radius 2 is 1.74 bits per heavy atom. The van der Waals surface area contributed by atoms with Gasteiger partial charge in [0.05, 0.1) is 18.7 Å². The molecule has 4 aromatic rings. The molecule has 8 nitrogen and oxygen atoms in total. The largest absolute Gasteiger partial charge is 0.573 e. The lowest BCUT2D eigenvalue weighted by atomic mass is 10.0. The minimum Gasteiger partial charge on any atom is -0.491 e. The van der Waals surface area contributed by atoms with Gasteiger partial charge in [0.2, 0.25) is 5.76 Å². The van der Waals surface area contributed by atoms with E-state index in [2.05, 4.69) is 19.9 Å². The first-order valence-corrected chi connectivity index (χ1v) is 10.5. The van der Waals surface area contributed by atoms with E-state index in [9.17, 15) is 18.0 Å². The number of carbonyl (C=O) groups excluding carboxylic acids is 1. The smallest absolute Gasteiger partial charge is 0.491 e. The van der Waals surface area contributed by atoms with Gasteiger partial charge in [0.15, 0.2) is 5.82 Å². The number of carbonyl (C=O) groups is 1. The maximum atomic E-state index is 13.3. The van der Waals surface area contributed by atoms with Gasteiger partial charge in [-0.3, -0.25) is 4.79 Å². The molecule has 0 radical (unpaired) electrons. The van der Waals surface area contributed by atoms with Gasteiger partial charge >= 0.3 is 6.36 Å². The summed E-state index contributed by atoms with van der Waals surface area (Å²) in [7, 11) is 0. The highest BCUT2D eigenvalue weighted by Gasteiger charge is 2.31. The Morgan fingerprint density at radius 1 is 1.00 bits per heavy atom. The van der Waals surface area contributed by atoms with Crippen LogP contribution in [0.25, 0.3) is 22.7 Å². The molecule has 1 aliphatic heterocycles. The van der Waals surface area contributed by atoms with Gasteiger partial charge in [-0.05, 0) is 41.5 Å². The molecule has 1 amide bonds. The second-order valence-corrected chi connectivity index (χ2v) is 7.61. The van der Waals surface area contributed by atoms with Crippen molar-refractivity contribution >= 4 is 5.91 Å². The van der Waals surface area contributed by atoms with Crippen molar-refractivity contribution in [1.82, 2.24) is 20.0 Å². The van der Waals surface area contributed by atoms with Crippen LogP contribution in [0.2, 0.25) is 0 Å². The quantitative estimate of drug-likeness (QED) is 0.406. The summed E-state index contributed by atoms with van der Waals surface area (Å²) in [6, 6.07) is 13.9. The van der Waals surface area contributed by atoms with Crippen LogP contribution in [0.15, 0.2) is 71.5 Å². The number of amides is 1. The highest BCUT2D eigenvalue weighted by atomic mass is 19.4. The number of halogens is 3. The number of fused-ring (bicyclic) bond motifs is 1. The van der Waals surface area contributed by atoms with Crippen molar-refractivity contribution in [2.75, 3.05) is 13.2 Å². The zero-order valence-electron chi connectivity index (χ0n) is 18.0. The second-order valence-electron chi connectivity index (χ2n) is 7.61. The third-order valence-corrected chi connectivity index (χ3v) is 5.24. The summed E-state index contributed by atoms with van der Waals surface area (Å²) < 4.78 is 52.3. The molecule has 2 aromatic carbocycles. The summed E-state index contributed by atoms with van der Waals surface area (Å²) in [5.41, 5.74) is 2.13. The number of hydrogen-bond acceptors (Lipinski definition) is 7. The van der Waals surface area contributed by atoms with Crippen LogP contribution in [0.5, 0.6) is 11.5 Å². The van der Waals surface area contributed by atoms with E-state index in [1.54, 1.807) is 47.6 Å². The number of rotatable bonds is 5. The first-order chi connectivity index (χ1) is 16.9. The Morgan fingerprint density at radius 3 is 2.49 bits per heavy atom. The van der Waals surface area contributed by atoms with E-state index in [1.165, 1.54) is 24.3 Å². The fourth-order valence-corrected chi connectivity index (χ4v) is 3.65. The normalized spacial score (nSPS) is 13.7. The number of aromatic nitrogens is 3. The molecule has 35 heavy (non-hydrogen) atoms. The Kier molecular flexibility index (Phi) is 5.81. The number of ether oxygens (including phenoxy) is 2. The summed E-state index contributed by atoms with van der Waals surface area (Å²) >= 11 is 0. The molecular weight excluding hydrogens is 465 g/mol. The standard InChI is InChI=1S/C24H17F3N4O4/c25-24(26,27)34-18-5-2-15(3-6-18)16-4-7-20-19(12-16)23(32)31(10-11-33-20)14-17-13-21(35-30-17)22-28-8-1-9-29-22/h1-9,12-13H,10-11,14H2. The maximum Gasteiger partial charge on any atom is 0.573 e. The molecule has 0 saturated heterocycles. The molecule has 0 bridgehead atoms. The molecule has 0 atom stereocenters. The van der Waals surface area contributed by atoms with E-state index in [0.717, 1.165) is 0 Å². The van der Waals surface area contributed by atoms with Gasteiger partial charge in [-0.25, -0.2) is 9.97 Å². The van der Waals surface area contributed by atoms with Crippen molar-refractivity contribution in [3.63, 3.8) is 0 Å². The van der Waals surface area contributed by atoms with Crippen molar-refractivity contribution in [2.24, 2.45) is 0 Å². The average molecular weight is 482 g/mol. The maximum absolute atomic E-state index is 13.3. The van der Waals surface area contributed by atoms with Crippen LogP contribution in [-0.4, -0.2) is 45.4 Å². The average Bonchev–Trinajstić information content (AvgIpc) is 3.26. The summed E-state index contributed by atoms with van der Waals surface area (Å²) in [4.78, 5) is 23.2. The molecule has 1 aliphatic rings. The Balaban J connectivity index is 1.36. The lowest BCUT2D eigenvalue weighted by Crippen LogP contribution is -2.32.